The maximum Gasteiger partial charge on any atom is 0.243 e. The van der Waals surface area contributed by atoms with E-state index in [0.29, 0.717) is 5.95 Å². The maximum absolute atomic E-state index is 6.20. The zero-order valence-electron chi connectivity index (χ0n) is 11.3. The van der Waals surface area contributed by atoms with Crippen molar-refractivity contribution < 1.29 is 0 Å². The lowest BCUT2D eigenvalue weighted by molar-refractivity contribution is 0.846. The summed E-state index contributed by atoms with van der Waals surface area (Å²) in [5.41, 5.74) is 2.91. The van der Waals surface area contributed by atoms with Crippen molar-refractivity contribution in [1.82, 2.24) is 14.6 Å². The van der Waals surface area contributed by atoms with E-state index in [1.54, 1.807) is 0 Å². The fraction of sp³-hybridized carbons (Fsp3) is 0.200. The van der Waals surface area contributed by atoms with Crippen molar-refractivity contribution in [3.63, 3.8) is 0 Å². The van der Waals surface area contributed by atoms with E-state index in [4.69, 9.17) is 11.6 Å². The first kappa shape index (κ1) is 12.9. The van der Waals surface area contributed by atoms with Crippen LogP contribution in [0.3, 0.4) is 0 Å². The molecule has 0 radical (unpaired) electrons. The van der Waals surface area contributed by atoms with E-state index in [1.807, 2.05) is 60.8 Å². The van der Waals surface area contributed by atoms with Gasteiger partial charge in [0.1, 0.15) is 0 Å². The number of hydrogen-bond donors (Lipinski definition) is 1. The van der Waals surface area contributed by atoms with Crippen LogP contribution in [0, 0.1) is 6.92 Å². The predicted octanol–water partition coefficient (Wildman–Crippen LogP) is 3.86. The van der Waals surface area contributed by atoms with Crippen LogP contribution in [0.15, 0.2) is 42.5 Å². The zero-order valence-corrected chi connectivity index (χ0v) is 12.1. The van der Waals surface area contributed by atoms with Gasteiger partial charge in [0.05, 0.1) is 6.04 Å². The highest BCUT2D eigenvalue weighted by atomic mass is 35.5. The van der Waals surface area contributed by atoms with E-state index in [2.05, 4.69) is 15.4 Å². The molecule has 0 fully saturated rings. The number of nitrogens with zero attached hydrogens (tertiary/aromatic N) is 3. The van der Waals surface area contributed by atoms with Crippen molar-refractivity contribution in [1.29, 1.82) is 0 Å². The number of fused-ring (bicyclic) bond motifs is 1. The molecule has 1 unspecified atom stereocenters. The molecular formula is C15H15ClN4. The van der Waals surface area contributed by atoms with Gasteiger partial charge in [0.25, 0.3) is 0 Å². The Morgan fingerprint density at radius 1 is 1.15 bits per heavy atom. The Bertz CT molecular complexity index is 750. The summed E-state index contributed by atoms with van der Waals surface area (Å²) in [4.78, 5) is 4.47. The number of aryl methyl sites for hydroxylation is 1. The van der Waals surface area contributed by atoms with Gasteiger partial charge in [-0.15, -0.1) is 5.10 Å². The molecule has 0 spiro atoms. The van der Waals surface area contributed by atoms with Crippen LogP contribution in [0.1, 0.15) is 24.2 Å². The quantitative estimate of drug-likeness (QED) is 0.795. The van der Waals surface area contributed by atoms with E-state index in [0.717, 1.165) is 21.9 Å². The van der Waals surface area contributed by atoms with Crippen LogP contribution in [0.5, 0.6) is 0 Å². The average Bonchev–Trinajstić information content (AvgIpc) is 2.83. The number of halogens is 1. The lowest BCUT2D eigenvalue weighted by Gasteiger charge is -2.13. The third-order valence-corrected chi connectivity index (χ3v) is 3.61. The summed E-state index contributed by atoms with van der Waals surface area (Å²) < 4.78 is 1.82. The fourth-order valence-corrected chi connectivity index (χ4v) is 2.49. The van der Waals surface area contributed by atoms with Gasteiger partial charge in [-0.3, -0.25) is 0 Å². The normalized spacial score (nSPS) is 12.6. The second-order valence-electron chi connectivity index (χ2n) is 4.76. The topological polar surface area (TPSA) is 42.2 Å². The standard InChI is InChI=1S/C15H15ClN4/c1-10-6-5-9-14-18-15(19-20(10)14)17-11(2)12-7-3-4-8-13(12)16/h3-9,11H,1-2H3,(H,17,19). The molecule has 1 atom stereocenters. The Morgan fingerprint density at radius 3 is 2.70 bits per heavy atom. The molecule has 0 aliphatic heterocycles. The van der Waals surface area contributed by atoms with Crippen LogP contribution >= 0.6 is 11.6 Å². The van der Waals surface area contributed by atoms with Gasteiger partial charge in [0.15, 0.2) is 5.65 Å². The molecule has 4 nitrogen and oxygen atoms in total. The number of aromatic nitrogens is 3. The first-order valence-electron chi connectivity index (χ1n) is 6.48. The number of hydrogen-bond acceptors (Lipinski definition) is 3. The third kappa shape index (κ3) is 2.34. The average molecular weight is 287 g/mol. The molecule has 2 heterocycles. The second kappa shape index (κ2) is 5.13. The Morgan fingerprint density at radius 2 is 1.95 bits per heavy atom. The molecule has 3 aromatic rings. The predicted molar refractivity (Wildman–Crippen MR) is 81.2 cm³/mol. The number of benzene rings is 1. The van der Waals surface area contributed by atoms with Crippen LogP contribution in [0.2, 0.25) is 5.02 Å². The smallest absolute Gasteiger partial charge is 0.243 e. The van der Waals surface area contributed by atoms with Gasteiger partial charge in [0.2, 0.25) is 5.95 Å². The Kier molecular flexibility index (Phi) is 3.32. The van der Waals surface area contributed by atoms with E-state index in [1.165, 1.54) is 0 Å². The van der Waals surface area contributed by atoms with Gasteiger partial charge in [-0.2, -0.15) is 4.98 Å². The van der Waals surface area contributed by atoms with Crippen LogP contribution in [-0.2, 0) is 0 Å². The fourth-order valence-electron chi connectivity index (χ4n) is 2.19. The molecule has 20 heavy (non-hydrogen) atoms. The third-order valence-electron chi connectivity index (χ3n) is 3.27. The van der Waals surface area contributed by atoms with Gasteiger partial charge < -0.3 is 5.32 Å². The summed E-state index contributed by atoms with van der Waals surface area (Å²) in [5.74, 6) is 0.603. The van der Waals surface area contributed by atoms with Crippen molar-refractivity contribution >= 4 is 23.2 Å². The number of nitrogens with one attached hydrogen (secondary N) is 1. The first-order chi connectivity index (χ1) is 9.65. The highest BCUT2D eigenvalue weighted by Crippen LogP contribution is 2.24. The molecule has 1 aromatic carbocycles. The van der Waals surface area contributed by atoms with Crippen molar-refractivity contribution in [2.75, 3.05) is 5.32 Å². The van der Waals surface area contributed by atoms with E-state index in [-0.39, 0.29) is 6.04 Å². The number of rotatable bonds is 3. The SMILES string of the molecule is Cc1cccc2nc(NC(C)c3ccccc3Cl)nn12. The molecule has 5 heteroatoms. The van der Waals surface area contributed by atoms with Crippen LogP contribution in [-0.4, -0.2) is 14.6 Å². The van der Waals surface area contributed by atoms with Crippen molar-refractivity contribution in [2.24, 2.45) is 0 Å². The van der Waals surface area contributed by atoms with Crippen LogP contribution < -0.4 is 5.32 Å². The van der Waals surface area contributed by atoms with Gasteiger partial charge >= 0.3 is 0 Å². The highest BCUT2D eigenvalue weighted by molar-refractivity contribution is 6.31. The van der Waals surface area contributed by atoms with Crippen molar-refractivity contribution in [3.8, 4) is 0 Å². The molecular weight excluding hydrogens is 272 g/mol. The lowest BCUT2D eigenvalue weighted by atomic mass is 10.1. The molecule has 0 saturated carbocycles. The summed E-state index contributed by atoms with van der Waals surface area (Å²) in [6.45, 7) is 4.04. The molecule has 2 aromatic heterocycles. The first-order valence-corrected chi connectivity index (χ1v) is 6.86. The monoisotopic (exact) mass is 286 g/mol. The molecule has 0 saturated heterocycles. The summed E-state index contributed by atoms with van der Waals surface area (Å²) in [7, 11) is 0. The maximum atomic E-state index is 6.20. The second-order valence-corrected chi connectivity index (χ2v) is 5.17. The summed E-state index contributed by atoms with van der Waals surface area (Å²) in [6.07, 6.45) is 0. The molecule has 0 amide bonds. The number of pyridine rings is 1. The minimum atomic E-state index is 0.0430. The molecule has 3 rings (SSSR count). The molecule has 0 bridgehead atoms. The molecule has 0 aliphatic rings. The van der Waals surface area contributed by atoms with Crippen LogP contribution in [0.4, 0.5) is 5.95 Å². The molecule has 0 aliphatic carbocycles. The number of anilines is 1. The van der Waals surface area contributed by atoms with Gasteiger partial charge in [-0.25, -0.2) is 4.52 Å². The Labute approximate surface area is 122 Å². The van der Waals surface area contributed by atoms with Gasteiger partial charge in [0, 0.05) is 10.7 Å². The lowest BCUT2D eigenvalue weighted by Crippen LogP contribution is -2.08. The van der Waals surface area contributed by atoms with Gasteiger partial charge in [-0.05, 0) is 37.6 Å². The minimum Gasteiger partial charge on any atom is -0.346 e. The van der Waals surface area contributed by atoms with Crippen molar-refractivity contribution in [3.05, 3.63) is 58.7 Å². The minimum absolute atomic E-state index is 0.0430. The van der Waals surface area contributed by atoms with E-state index < -0.39 is 0 Å². The summed E-state index contributed by atoms with van der Waals surface area (Å²) in [5, 5.41) is 8.49. The molecule has 102 valence electrons. The highest BCUT2D eigenvalue weighted by Gasteiger charge is 2.12. The zero-order chi connectivity index (χ0) is 14.1. The summed E-state index contributed by atoms with van der Waals surface area (Å²) in [6, 6.07) is 13.7. The molecule has 1 N–H and O–H groups in total. The van der Waals surface area contributed by atoms with E-state index in [9.17, 15) is 0 Å². The summed E-state index contributed by atoms with van der Waals surface area (Å²) >= 11 is 6.20. The van der Waals surface area contributed by atoms with Gasteiger partial charge in [-0.1, -0.05) is 35.9 Å². The van der Waals surface area contributed by atoms with E-state index >= 15 is 0 Å². The Hall–Kier alpha value is -2.07. The Balaban J connectivity index is 1.90. The largest absolute Gasteiger partial charge is 0.346 e. The van der Waals surface area contributed by atoms with Crippen molar-refractivity contribution in [2.45, 2.75) is 19.9 Å². The van der Waals surface area contributed by atoms with Crippen LogP contribution in [0.25, 0.3) is 5.65 Å².